The van der Waals surface area contributed by atoms with Crippen molar-refractivity contribution in [2.45, 2.75) is 123 Å². The van der Waals surface area contributed by atoms with Crippen LogP contribution in [0, 0.1) is 13.8 Å². The van der Waals surface area contributed by atoms with E-state index in [0.717, 1.165) is 56.1 Å². The van der Waals surface area contributed by atoms with Crippen molar-refractivity contribution in [1.82, 2.24) is 15.5 Å². The van der Waals surface area contributed by atoms with E-state index >= 15 is 0 Å². The summed E-state index contributed by atoms with van der Waals surface area (Å²) in [7, 11) is 0. The van der Waals surface area contributed by atoms with Gasteiger partial charge in [0.1, 0.15) is 17.7 Å². The van der Waals surface area contributed by atoms with Gasteiger partial charge in [0.15, 0.2) is 0 Å². The Balaban J connectivity index is 2.50. The van der Waals surface area contributed by atoms with Gasteiger partial charge in [-0.3, -0.25) is 14.4 Å². The lowest BCUT2D eigenvalue weighted by Gasteiger charge is -2.36. The zero-order valence-electron chi connectivity index (χ0n) is 24.6. The molecule has 0 bridgehead atoms. The molecule has 4 amide bonds. The lowest BCUT2D eigenvalue weighted by molar-refractivity contribution is -0.143. The monoisotopic (exact) mass is 544 g/mol. The molecular weight excluding hydrogens is 496 g/mol. The summed E-state index contributed by atoms with van der Waals surface area (Å²) in [5, 5.41) is 5.73. The molecule has 4 N–H and O–H groups in total. The molecule has 1 aliphatic carbocycles. The van der Waals surface area contributed by atoms with Crippen LogP contribution in [0.5, 0.6) is 0 Å². The number of amides is 4. The van der Waals surface area contributed by atoms with Crippen molar-refractivity contribution >= 4 is 23.8 Å². The number of benzene rings is 1. The topological polar surface area (TPSA) is 131 Å². The number of unbranched alkanes of at least 4 members (excludes halogenated alkanes) is 2. The van der Waals surface area contributed by atoms with Gasteiger partial charge in [0.05, 0.1) is 6.42 Å². The molecule has 0 aliphatic heterocycles. The fourth-order valence-corrected chi connectivity index (χ4v) is 4.88. The molecular formula is C30H48N4O5. The normalized spacial score (nSPS) is 15.6. The highest BCUT2D eigenvalue weighted by molar-refractivity contribution is 5.94. The number of carbonyl (C=O) groups is 4. The largest absolute Gasteiger partial charge is 0.444 e. The van der Waals surface area contributed by atoms with Crippen molar-refractivity contribution < 1.29 is 23.9 Å². The summed E-state index contributed by atoms with van der Waals surface area (Å²) in [6.45, 7) is 11.4. The first-order chi connectivity index (χ1) is 18.3. The number of primary amides is 1. The van der Waals surface area contributed by atoms with Gasteiger partial charge in [0, 0.05) is 12.6 Å². The maximum absolute atomic E-state index is 14.1. The van der Waals surface area contributed by atoms with Gasteiger partial charge in [-0.2, -0.15) is 0 Å². The van der Waals surface area contributed by atoms with Crippen LogP contribution in [0.25, 0.3) is 0 Å². The SMILES string of the molecule is CCCCCN(C(=O)C(CC(N)=O)NC(=O)OC(C)(C)C)C(C(=O)NC1CCCCC1)c1ccc(C)c(C)c1. The molecule has 1 aromatic rings. The average molecular weight is 545 g/mol. The summed E-state index contributed by atoms with van der Waals surface area (Å²) in [4.78, 5) is 54.1. The van der Waals surface area contributed by atoms with Crippen LogP contribution in [0.15, 0.2) is 18.2 Å². The number of nitrogens with zero attached hydrogens (tertiary/aromatic N) is 1. The zero-order chi connectivity index (χ0) is 29.2. The van der Waals surface area contributed by atoms with Gasteiger partial charge in [-0.25, -0.2) is 4.79 Å². The Morgan fingerprint density at radius 1 is 1.05 bits per heavy atom. The molecule has 0 radical (unpaired) electrons. The van der Waals surface area contributed by atoms with Crippen LogP contribution >= 0.6 is 0 Å². The van der Waals surface area contributed by atoms with Crippen LogP contribution in [-0.2, 0) is 19.1 Å². The van der Waals surface area contributed by atoms with E-state index in [4.69, 9.17) is 10.5 Å². The fourth-order valence-electron chi connectivity index (χ4n) is 4.88. The number of nitrogens with one attached hydrogen (secondary N) is 2. The number of rotatable bonds is 12. The summed E-state index contributed by atoms with van der Waals surface area (Å²) < 4.78 is 5.35. The Kier molecular flexibility index (Phi) is 12.3. The third-order valence-corrected chi connectivity index (χ3v) is 7.04. The third kappa shape index (κ3) is 10.5. The molecule has 9 nitrogen and oxygen atoms in total. The Morgan fingerprint density at radius 3 is 2.28 bits per heavy atom. The number of ether oxygens (including phenoxy) is 1. The fraction of sp³-hybridized carbons (Fsp3) is 0.667. The van der Waals surface area contributed by atoms with E-state index in [9.17, 15) is 19.2 Å². The Morgan fingerprint density at radius 2 is 1.72 bits per heavy atom. The average Bonchev–Trinajstić information content (AvgIpc) is 2.84. The van der Waals surface area contributed by atoms with Crippen molar-refractivity contribution in [1.29, 1.82) is 0 Å². The van der Waals surface area contributed by atoms with E-state index in [1.54, 1.807) is 20.8 Å². The second kappa shape index (κ2) is 14.9. The van der Waals surface area contributed by atoms with Gasteiger partial charge < -0.3 is 26.0 Å². The molecule has 0 heterocycles. The number of hydrogen-bond acceptors (Lipinski definition) is 5. The molecule has 1 aliphatic rings. The van der Waals surface area contributed by atoms with Crippen LogP contribution in [0.4, 0.5) is 4.79 Å². The lowest BCUT2D eigenvalue weighted by Crippen LogP contribution is -2.55. The molecule has 39 heavy (non-hydrogen) atoms. The Hall–Kier alpha value is -3.10. The quantitative estimate of drug-likeness (QED) is 0.332. The molecule has 0 aromatic heterocycles. The third-order valence-electron chi connectivity index (χ3n) is 7.04. The van der Waals surface area contributed by atoms with Gasteiger partial charge in [0.25, 0.3) is 0 Å². The second-order valence-corrected chi connectivity index (χ2v) is 11.7. The van der Waals surface area contributed by atoms with Crippen LogP contribution in [0.1, 0.15) is 108 Å². The zero-order valence-corrected chi connectivity index (χ0v) is 24.6. The molecule has 218 valence electrons. The second-order valence-electron chi connectivity index (χ2n) is 11.7. The van der Waals surface area contributed by atoms with E-state index in [1.165, 1.54) is 4.90 Å². The van der Waals surface area contributed by atoms with Crippen molar-refractivity contribution in [3.63, 3.8) is 0 Å². The van der Waals surface area contributed by atoms with Gasteiger partial charge in [-0.1, -0.05) is 57.2 Å². The molecule has 1 fully saturated rings. The number of alkyl carbamates (subject to hydrolysis) is 1. The van der Waals surface area contributed by atoms with Crippen molar-refractivity contribution in [2.75, 3.05) is 6.54 Å². The summed E-state index contributed by atoms with van der Waals surface area (Å²) in [5.74, 6) is -1.55. The first-order valence-corrected chi connectivity index (χ1v) is 14.3. The van der Waals surface area contributed by atoms with Crippen LogP contribution in [0.3, 0.4) is 0 Å². The lowest BCUT2D eigenvalue weighted by atomic mass is 9.94. The number of hydrogen-bond donors (Lipinski definition) is 3. The van der Waals surface area contributed by atoms with Gasteiger partial charge in [-0.15, -0.1) is 0 Å². The molecule has 1 aromatic carbocycles. The van der Waals surface area contributed by atoms with Crippen molar-refractivity contribution in [3.8, 4) is 0 Å². The smallest absolute Gasteiger partial charge is 0.408 e. The predicted molar refractivity (Wildman–Crippen MR) is 152 cm³/mol. The first-order valence-electron chi connectivity index (χ1n) is 14.3. The highest BCUT2D eigenvalue weighted by Gasteiger charge is 2.37. The Labute approximate surface area is 233 Å². The molecule has 2 unspecified atom stereocenters. The van der Waals surface area contributed by atoms with Crippen LogP contribution in [0.2, 0.25) is 0 Å². The number of carbonyl (C=O) groups excluding carboxylic acids is 4. The Bertz CT molecular complexity index is 998. The maximum Gasteiger partial charge on any atom is 0.408 e. The summed E-state index contributed by atoms with van der Waals surface area (Å²) in [5.41, 5.74) is 7.45. The summed E-state index contributed by atoms with van der Waals surface area (Å²) in [6.07, 6.45) is 6.27. The van der Waals surface area contributed by atoms with Gasteiger partial charge >= 0.3 is 6.09 Å². The molecule has 0 spiro atoms. The molecule has 2 atom stereocenters. The minimum Gasteiger partial charge on any atom is -0.444 e. The minimum atomic E-state index is -1.27. The minimum absolute atomic E-state index is 0.0502. The van der Waals surface area contributed by atoms with E-state index in [2.05, 4.69) is 17.6 Å². The summed E-state index contributed by atoms with van der Waals surface area (Å²) in [6, 6.07) is 3.61. The molecule has 9 heteroatoms. The molecule has 0 saturated heterocycles. The van der Waals surface area contributed by atoms with Gasteiger partial charge in [0.2, 0.25) is 17.7 Å². The standard InChI is InChI=1S/C30H48N4O5/c1-7-8-12-17-34(28(37)24(19-25(31)35)33-29(38)39-30(4,5)6)26(22-16-15-20(2)21(3)18-22)27(36)32-23-13-10-9-11-14-23/h15-16,18,23-24,26H,7-14,17,19H2,1-6H3,(H2,31,35)(H,32,36)(H,33,38). The van der Waals surface area contributed by atoms with Crippen molar-refractivity contribution in [2.24, 2.45) is 5.73 Å². The van der Waals surface area contributed by atoms with E-state index < -0.39 is 42.0 Å². The van der Waals surface area contributed by atoms with E-state index in [1.807, 2.05) is 32.0 Å². The molecule has 1 saturated carbocycles. The maximum atomic E-state index is 14.1. The highest BCUT2D eigenvalue weighted by Crippen LogP contribution is 2.27. The van der Waals surface area contributed by atoms with Crippen molar-refractivity contribution in [3.05, 3.63) is 34.9 Å². The number of aryl methyl sites for hydroxylation is 2. The van der Waals surface area contributed by atoms with Crippen LogP contribution in [-0.4, -0.2) is 52.9 Å². The van der Waals surface area contributed by atoms with E-state index in [0.29, 0.717) is 12.0 Å². The predicted octanol–water partition coefficient (Wildman–Crippen LogP) is 4.58. The highest BCUT2D eigenvalue weighted by atomic mass is 16.6. The first kappa shape index (κ1) is 32.1. The number of nitrogens with two attached hydrogens (primary N) is 1. The van der Waals surface area contributed by atoms with E-state index in [-0.39, 0.29) is 18.5 Å². The van der Waals surface area contributed by atoms with Crippen LogP contribution < -0.4 is 16.4 Å². The molecule has 2 rings (SSSR count). The summed E-state index contributed by atoms with van der Waals surface area (Å²) >= 11 is 0. The van der Waals surface area contributed by atoms with Gasteiger partial charge in [-0.05, 0) is 70.6 Å².